The largest absolute Gasteiger partial charge is 0.378 e. The maximum Gasteiger partial charge on any atom is 0.0615 e. The minimum atomic E-state index is 0.479. The van der Waals surface area contributed by atoms with Crippen LogP contribution in [0.1, 0.15) is 33.1 Å². The Bertz CT molecular complexity index is 163. The predicted molar refractivity (Wildman–Crippen MR) is 49.2 cm³/mol. The standard InChI is InChI=1S/C10H19NO/c1-8(2)9-7-10(3-5-11-10)4-6-12-9/h8-9,11H,3-7H2,1-2H3. The van der Waals surface area contributed by atoms with Crippen LogP contribution in [0.2, 0.25) is 0 Å². The topological polar surface area (TPSA) is 21.3 Å². The maximum absolute atomic E-state index is 5.73. The van der Waals surface area contributed by atoms with Crippen LogP contribution in [-0.4, -0.2) is 24.8 Å². The SMILES string of the molecule is CC(C)C1CC2(CCN2)CCO1. The Balaban J connectivity index is 1.94. The molecule has 1 N–H and O–H groups in total. The van der Waals surface area contributed by atoms with Crippen molar-refractivity contribution in [2.45, 2.75) is 44.8 Å². The van der Waals surface area contributed by atoms with E-state index in [0.29, 0.717) is 17.6 Å². The number of hydrogen-bond acceptors (Lipinski definition) is 2. The summed E-state index contributed by atoms with van der Waals surface area (Å²) in [6.07, 6.45) is 4.30. The summed E-state index contributed by atoms with van der Waals surface area (Å²) in [6.45, 7) is 6.67. The van der Waals surface area contributed by atoms with Crippen molar-refractivity contribution >= 4 is 0 Å². The van der Waals surface area contributed by atoms with Crippen LogP contribution in [0.5, 0.6) is 0 Å². The summed E-state index contributed by atoms with van der Waals surface area (Å²) in [5.74, 6) is 0.671. The first-order chi connectivity index (χ1) is 5.72. The molecule has 0 radical (unpaired) electrons. The van der Waals surface area contributed by atoms with E-state index in [1.807, 2.05) is 0 Å². The fourth-order valence-electron chi connectivity index (χ4n) is 2.25. The van der Waals surface area contributed by atoms with E-state index in [2.05, 4.69) is 19.2 Å². The van der Waals surface area contributed by atoms with Crippen molar-refractivity contribution in [3.63, 3.8) is 0 Å². The van der Waals surface area contributed by atoms with Crippen molar-refractivity contribution in [1.29, 1.82) is 0 Å². The molecule has 0 aromatic rings. The quantitative estimate of drug-likeness (QED) is 0.643. The highest BCUT2D eigenvalue weighted by Gasteiger charge is 2.41. The van der Waals surface area contributed by atoms with Gasteiger partial charge in [0.1, 0.15) is 0 Å². The molecule has 0 bridgehead atoms. The Kier molecular flexibility index (Phi) is 2.13. The molecule has 2 rings (SSSR count). The van der Waals surface area contributed by atoms with E-state index in [1.54, 1.807) is 0 Å². The zero-order valence-electron chi connectivity index (χ0n) is 8.10. The second-order valence-corrected chi connectivity index (χ2v) is 4.56. The second-order valence-electron chi connectivity index (χ2n) is 4.56. The van der Waals surface area contributed by atoms with Crippen LogP contribution in [0.4, 0.5) is 0 Å². The van der Waals surface area contributed by atoms with Crippen LogP contribution >= 0.6 is 0 Å². The highest BCUT2D eigenvalue weighted by Crippen LogP contribution is 2.34. The van der Waals surface area contributed by atoms with E-state index in [-0.39, 0.29) is 0 Å². The fourth-order valence-corrected chi connectivity index (χ4v) is 2.25. The molecule has 2 aliphatic rings. The van der Waals surface area contributed by atoms with Gasteiger partial charge in [-0.05, 0) is 31.7 Å². The average Bonchev–Trinajstić information content (AvgIpc) is 2.02. The smallest absolute Gasteiger partial charge is 0.0615 e. The van der Waals surface area contributed by atoms with Gasteiger partial charge in [-0.2, -0.15) is 0 Å². The minimum absolute atomic E-state index is 0.479. The Morgan fingerprint density at radius 2 is 2.17 bits per heavy atom. The first kappa shape index (κ1) is 8.52. The summed E-state index contributed by atoms with van der Waals surface area (Å²) in [6, 6.07) is 0. The molecule has 2 heterocycles. The van der Waals surface area contributed by atoms with Crippen LogP contribution in [0.25, 0.3) is 0 Å². The lowest BCUT2D eigenvalue weighted by Gasteiger charge is -2.49. The Morgan fingerprint density at radius 1 is 1.42 bits per heavy atom. The Labute approximate surface area is 74.7 Å². The van der Waals surface area contributed by atoms with Crippen molar-refractivity contribution in [3.05, 3.63) is 0 Å². The van der Waals surface area contributed by atoms with E-state index in [0.717, 1.165) is 6.61 Å². The molecule has 2 saturated heterocycles. The fraction of sp³-hybridized carbons (Fsp3) is 1.00. The molecule has 2 atom stereocenters. The first-order valence-electron chi connectivity index (χ1n) is 5.08. The number of hydrogen-bond donors (Lipinski definition) is 1. The van der Waals surface area contributed by atoms with E-state index >= 15 is 0 Å². The van der Waals surface area contributed by atoms with Crippen molar-refractivity contribution in [2.75, 3.05) is 13.2 Å². The molecule has 12 heavy (non-hydrogen) atoms. The van der Waals surface area contributed by atoms with Gasteiger partial charge in [-0.15, -0.1) is 0 Å². The molecule has 0 aromatic heterocycles. The van der Waals surface area contributed by atoms with Gasteiger partial charge in [0, 0.05) is 12.1 Å². The summed E-state index contributed by atoms with van der Waals surface area (Å²) in [5, 5.41) is 3.57. The van der Waals surface area contributed by atoms with Gasteiger partial charge in [0.15, 0.2) is 0 Å². The van der Waals surface area contributed by atoms with Crippen LogP contribution in [0.15, 0.2) is 0 Å². The molecular formula is C10H19NO. The van der Waals surface area contributed by atoms with Crippen molar-refractivity contribution in [3.8, 4) is 0 Å². The van der Waals surface area contributed by atoms with Gasteiger partial charge in [0.05, 0.1) is 6.10 Å². The first-order valence-corrected chi connectivity index (χ1v) is 5.08. The number of ether oxygens (including phenoxy) is 1. The predicted octanol–water partition coefficient (Wildman–Crippen LogP) is 1.55. The second kappa shape index (κ2) is 3.00. The third kappa shape index (κ3) is 1.38. The minimum Gasteiger partial charge on any atom is -0.378 e. The van der Waals surface area contributed by atoms with Crippen molar-refractivity contribution in [1.82, 2.24) is 5.32 Å². The summed E-state index contributed by atoms with van der Waals surface area (Å²) in [4.78, 5) is 0. The van der Waals surface area contributed by atoms with Gasteiger partial charge in [-0.1, -0.05) is 13.8 Å². The molecule has 2 aliphatic heterocycles. The molecule has 2 fully saturated rings. The van der Waals surface area contributed by atoms with Gasteiger partial charge in [-0.3, -0.25) is 0 Å². The van der Waals surface area contributed by atoms with Crippen molar-refractivity contribution in [2.24, 2.45) is 5.92 Å². The van der Waals surface area contributed by atoms with Crippen molar-refractivity contribution < 1.29 is 4.74 Å². The van der Waals surface area contributed by atoms with E-state index in [9.17, 15) is 0 Å². The molecule has 0 saturated carbocycles. The number of rotatable bonds is 1. The summed E-state index contributed by atoms with van der Waals surface area (Å²) >= 11 is 0. The molecule has 2 nitrogen and oxygen atoms in total. The van der Waals surface area contributed by atoms with Crippen LogP contribution in [-0.2, 0) is 4.74 Å². The zero-order chi connectivity index (χ0) is 8.60. The normalized spacial score (nSPS) is 41.8. The molecular weight excluding hydrogens is 150 g/mol. The average molecular weight is 169 g/mol. The number of nitrogens with one attached hydrogen (secondary N) is 1. The zero-order valence-corrected chi connectivity index (χ0v) is 8.10. The molecule has 2 unspecified atom stereocenters. The van der Waals surface area contributed by atoms with E-state index in [1.165, 1.54) is 25.8 Å². The summed E-state index contributed by atoms with van der Waals surface area (Å²) < 4.78 is 5.73. The van der Waals surface area contributed by atoms with Gasteiger partial charge >= 0.3 is 0 Å². The van der Waals surface area contributed by atoms with Crippen LogP contribution in [0.3, 0.4) is 0 Å². The van der Waals surface area contributed by atoms with Gasteiger partial charge < -0.3 is 10.1 Å². The highest BCUT2D eigenvalue weighted by molar-refractivity contribution is 5.00. The van der Waals surface area contributed by atoms with E-state index < -0.39 is 0 Å². The van der Waals surface area contributed by atoms with Crippen LogP contribution in [0, 0.1) is 5.92 Å². The lowest BCUT2D eigenvalue weighted by atomic mass is 9.76. The highest BCUT2D eigenvalue weighted by atomic mass is 16.5. The Hall–Kier alpha value is -0.0800. The van der Waals surface area contributed by atoms with E-state index in [4.69, 9.17) is 4.74 Å². The molecule has 2 heteroatoms. The molecule has 70 valence electrons. The molecule has 1 spiro atoms. The summed E-state index contributed by atoms with van der Waals surface area (Å²) in [5.41, 5.74) is 0.479. The monoisotopic (exact) mass is 169 g/mol. The third-order valence-electron chi connectivity index (χ3n) is 3.35. The summed E-state index contributed by atoms with van der Waals surface area (Å²) in [7, 11) is 0. The lowest BCUT2D eigenvalue weighted by Crippen LogP contribution is -2.61. The molecule has 0 amide bonds. The molecule has 0 aliphatic carbocycles. The van der Waals surface area contributed by atoms with Gasteiger partial charge in [-0.25, -0.2) is 0 Å². The third-order valence-corrected chi connectivity index (χ3v) is 3.35. The van der Waals surface area contributed by atoms with Gasteiger partial charge in [0.25, 0.3) is 0 Å². The van der Waals surface area contributed by atoms with Crippen LogP contribution < -0.4 is 5.32 Å². The van der Waals surface area contributed by atoms with Gasteiger partial charge in [0.2, 0.25) is 0 Å². The Morgan fingerprint density at radius 3 is 2.67 bits per heavy atom. The lowest BCUT2D eigenvalue weighted by molar-refractivity contribution is -0.0688. The maximum atomic E-state index is 5.73. The molecule has 0 aromatic carbocycles.